The Morgan fingerprint density at radius 1 is 1.05 bits per heavy atom. The molecule has 0 unspecified atom stereocenters. The van der Waals surface area contributed by atoms with Gasteiger partial charge in [0.25, 0.3) is 5.91 Å². The van der Waals surface area contributed by atoms with E-state index in [9.17, 15) is 14.4 Å². The highest BCUT2D eigenvalue weighted by Crippen LogP contribution is 2.30. The number of ether oxygens (including phenoxy) is 1. The molecular formula is C30H33N5O4S. The highest BCUT2D eigenvalue weighted by molar-refractivity contribution is 7.18. The number of nitrogens with two attached hydrogens (primary N) is 1. The molecule has 40 heavy (non-hydrogen) atoms. The van der Waals surface area contributed by atoms with E-state index < -0.39 is 5.91 Å². The third kappa shape index (κ3) is 5.93. The van der Waals surface area contributed by atoms with Crippen molar-refractivity contribution in [1.29, 1.82) is 0 Å². The summed E-state index contributed by atoms with van der Waals surface area (Å²) in [6.45, 7) is 5.99. The van der Waals surface area contributed by atoms with E-state index in [2.05, 4.69) is 18.7 Å². The van der Waals surface area contributed by atoms with Crippen LogP contribution in [-0.2, 0) is 22.5 Å². The van der Waals surface area contributed by atoms with Crippen LogP contribution in [0.5, 0.6) is 0 Å². The zero-order chi connectivity index (χ0) is 28.4. The quantitative estimate of drug-likeness (QED) is 0.306. The van der Waals surface area contributed by atoms with Crippen LogP contribution in [-0.4, -0.2) is 59.5 Å². The van der Waals surface area contributed by atoms with Gasteiger partial charge in [0.05, 0.1) is 39.5 Å². The van der Waals surface area contributed by atoms with E-state index in [4.69, 9.17) is 15.5 Å². The first kappa shape index (κ1) is 27.5. The number of aryl methyl sites for hydroxylation is 1. The average Bonchev–Trinajstić information content (AvgIpc) is 3.56. The summed E-state index contributed by atoms with van der Waals surface area (Å²) < 4.78 is 7.72. The monoisotopic (exact) mass is 559 g/mol. The molecular weight excluding hydrogens is 526 g/mol. The molecule has 2 aromatic carbocycles. The lowest BCUT2D eigenvalue weighted by Crippen LogP contribution is -2.45. The van der Waals surface area contributed by atoms with Gasteiger partial charge < -0.3 is 24.8 Å². The van der Waals surface area contributed by atoms with Crippen molar-refractivity contribution < 1.29 is 19.1 Å². The molecule has 10 heteroatoms. The second-order valence-electron chi connectivity index (χ2n) is 10.2. The molecule has 5 rings (SSSR count). The zero-order valence-electron chi connectivity index (χ0n) is 22.9. The molecule has 2 atom stereocenters. The highest BCUT2D eigenvalue weighted by atomic mass is 32.1. The summed E-state index contributed by atoms with van der Waals surface area (Å²) in [5.74, 6) is -0.0567. The van der Waals surface area contributed by atoms with Crippen LogP contribution >= 0.6 is 11.3 Å². The number of primary amides is 1. The fourth-order valence-corrected chi connectivity index (χ4v) is 6.07. The Morgan fingerprint density at radius 3 is 2.48 bits per heavy atom. The number of anilines is 2. The SMILES string of the molecule is C[C@@H]1CN(c2ccc(C(=O)Cc3nc4cc(N(C)C(=O)c5ccccc5)ccc4n3CCC(N)=O)s2)C[C@H](C)O1. The van der Waals surface area contributed by atoms with Crippen molar-refractivity contribution >= 4 is 50.7 Å². The Hall–Kier alpha value is -4.02. The minimum atomic E-state index is -0.430. The number of ketones is 1. The number of benzene rings is 2. The number of carbonyl (C=O) groups is 3. The number of nitrogens with zero attached hydrogens (tertiary/aromatic N) is 4. The van der Waals surface area contributed by atoms with Gasteiger partial charge in [-0.05, 0) is 56.3 Å². The first-order valence-electron chi connectivity index (χ1n) is 13.3. The molecule has 0 saturated carbocycles. The molecule has 2 amide bonds. The first-order valence-corrected chi connectivity index (χ1v) is 14.1. The van der Waals surface area contributed by atoms with Crippen molar-refractivity contribution in [3.05, 3.63) is 76.9 Å². The summed E-state index contributed by atoms with van der Waals surface area (Å²) in [4.78, 5) is 47.2. The maximum atomic E-state index is 13.4. The smallest absolute Gasteiger partial charge is 0.258 e. The van der Waals surface area contributed by atoms with Crippen molar-refractivity contribution in [2.45, 2.75) is 45.4 Å². The van der Waals surface area contributed by atoms with Crippen LogP contribution < -0.4 is 15.5 Å². The van der Waals surface area contributed by atoms with Crippen LogP contribution in [0.15, 0.2) is 60.7 Å². The number of aromatic nitrogens is 2. The molecule has 0 radical (unpaired) electrons. The van der Waals surface area contributed by atoms with Crippen LogP contribution in [0.4, 0.5) is 10.7 Å². The van der Waals surface area contributed by atoms with Crippen molar-refractivity contribution in [2.24, 2.45) is 5.73 Å². The Morgan fingerprint density at radius 2 is 1.77 bits per heavy atom. The maximum Gasteiger partial charge on any atom is 0.258 e. The van der Waals surface area contributed by atoms with E-state index in [1.165, 1.54) is 11.3 Å². The van der Waals surface area contributed by atoms with Gasteiger partial charge in [0.15, 0.2) is 5.78 Å². The largest absolute Gasteiger partial charge is 0.372 e. The molecule has 1 fully saturated rings. The van der Waals surface area contributed by atoms with E-state index >= 15 is 0 Å². The van der Waals surface area contributed by atoms with Crippen molar-refractivity contribution in [1.82, 2.24) is 9.55 Å². The predicted octanol–water partition coefficient (Wildman–Crippen LogP) is 4.29. The van der Waals surface area contributed by atoms with Gasteiger partial charge in [-0.15, -0.1) is 11.3 Å². The van der Waals surface area contributed by atoms with Gasteiger partial charge in [-0.3, -0.25) is 14.4 Å². The Kier molecular flexibility index (Phi) is 7.99. The lowest BCUT2D eigenvalue weighted by atomic mass is 10.2. The summed E-state index contributed by atoms with van der Waals surface area (Å²) >= 11 is 1.47. The number of imidazole rings is 1. The van der Waals surface area contributed by atoms with E-state index in [1.807, 2.05) is 53.1 Å². The molecule has 2 N–H and O–H groups in total. The molecule has 0 aliphatic carbocycles. The van der Waals surface area contributed by atoms with Gasteiger partial charge >= 0.3 is 0 Å². The number of rotatable bonds is 9. The van der Waals surface area contributed by atoms with Crippen molar-refractivity contribution in [3.8, 4) is 0 Å². The summed E-state index contributed by atoms with van der Waals surface area (Å²) in [6.07, 6.45) is 0.457. The number of Topliss-reactive ketones (excluding diaryl/α,β-unsaturated/α-hetero) is 1. The lowest BCUT2D eigenvalue weighted by Gasteiger charge is -2.35. The second-order valence-corrected chi connectivity index (χ2v) is 11.3. The average molecular weight is 560 g/mol. The van der Waals surface area contributed by atoms with Gasteiger partial charge in [-0.2, -0.15) is 0 Å². The molecule has 0 bridgehead atoms. The van der Waals surface area contributed by atoms with Gasteiger partial charge in [0.1, 0.15) is 5.82 Å². The lowest BCUT2D eigenvalue weighted by molar-refractivity contribution is -0.118. The van der Waals surface area contributed by atoms with E-state index in [-0.39, 0.29) is 36.7 Å². The van der Waals surface area contributed by atoms with Gasteiger partial charge in [-0.25, -0.2) is 4.98 Å². The molecule has 1 aliphatic rings. The van der Waals surface area contributed by atoms with Gasteiger partial charge in [0, 0.05) is 44.4 Å². The number of hydrogen-bond donors (Lipinski definition) is 1. The molecule has 9 nitrogen and oxygen atoms in total. The number of hydrogen-bond acceptors (Lipinski definition) is 7. The summed E-state index contributed by atoms with van der Waals surface area (Å²) in [5, 5.41) is 1.04. The van der Waals surface area contributed by atoms with Crippen molar-refractivity contribution in [3.63, 3.8) is 0 Å². The highest BCUT2D eigenvalue weighted by Gasteiger charge is 2.25. The molecule has 208 valence electrons. The second kappa shape index (κ2) is 11.6. The Bertz CT molecular complexity index is 1540. The Labute approximate surface area is 237 Å². The standard InChI is InChI=1S/C30H33N5O4S/c1-19-17-34(18-20(2)39-19)29-12-11-26(40-29)25(36)16-28-32-23-15-22(9-10-24(23)35(28)14-13-27(31)37)33(3)30(38)21-7-5-4-6-8-21/h4-12,15,19-20H,13-14,16-18H2,1-3H3,(H2,31,37)/t19-,20+. The van der Waals surface area contributed by atoms with E-state index in [0.29, 0.717) is 34.0 Å². The van der Waals surface area contributed by atoms with Crippen LogP contribution in [0.25, 0.3) is 11.0 Å². The van der Waals surface area contributed by atoms with E-state index in [0.717, 1.165) is 23.6 Å². The van der Waals surface area contributed by atoms with E-state index in [1.54, 1.807) is 24.1 Å². The summed E-state index contributed by atoms with van der Waals surface area (Å²) in [7, 11) is 1.72. The van der Waals surface area contributed by atoms with Gasteiger partial charge in [0.2, 0.25) is 5.91 Å². The number of thiophene rings is 1. The number of morpholine rings is 1. The first-order chi connectivity index (χ1) is 19.2. The van der Waals surface area contributed by atoms with Crippen LogP contribution in [0.2, 0.25) is 0 Å². The number of carbonyl (C=O) groups excluding carboxylic acids is 3. The third-order valence-corrected chi connectivity index (χ3v) is 8.21. The fraction of sp³-hybridized carbons (Fsp3) is 0.333. The minimum Gasteiger partial charge on any atom is -0.372 e. The normalized spacial score (nSPS) is 17.2. The molecule has 1 saturated heterocycles. The molecule has 0 spiro atoms. The zero-order valence-corrected chi connectivity index (χ0v) is 23.7. The molecule has 1 aliphatic heterocycles. The maximum absolute atomic E-state index is 13.4. The number of amides is 2. The third-order valence-electron chi connectivity index (χ3n) is 7.02. The molecule has 2 aromatic heterocycles. The fourth-order valence-electron chi connectivity index (χ4n) is 5.11. The molecule has 4 aromatic rings. The van der Waals surface area contributed by atoms with Crippen LogP contribution in [0.3, 0.4) is 0 Å². The minimum absolute atomic E-state index is 0.0437. The summed E-state index contributed by atoms with van der Waals surface area (Å²) in [5.41, 5.74) is 8.12. The summed E-state index contributed by atoms with van der Waals surface area (Å²) in [6, 6.07) is 18.5. The molecule has 3 heterocycles. The van der Waals surface area contributed by atoms with Crippen molar-refractivity contribution in [2.75, 3.05) is 29.9 Å². The number of fused-ring (bicyclic) bond motifs is 1. The van der Waals surface area contributed by atoms with Gasteiger partial charge in [-0.1, -0.05) is 18.2 Å². The van der Waals surface area contributed by atoms with Crippen LogP contribution in [0, 0.1) is 0 Å². The Balaban J connectivity index is 1.40. The van der Waals surface area contributed by atoms with Crippen LogP contribution in [0.1, 0.15) is 46.1 Å². The predicted molar refractivity (Wildman–Crippen MR) is 157 cm³/mol. The topological polar surface area (TPSA) is 111 Å².